The third-order valence-corrected chi connectivity index (χ3v) is 3.90. The van der Waals surface area contributed by atoms with E-state index in [9.17, 15) is 9.90 Å². The Bertz CT molecular complexity index is 459. The van der Waals surface area contributed by atoms with E-state index in [-0.39, 0.29) is 12.1 Å². The molecule has 0 spiro atoms. The zero-order chi connectivity index (χ0) is 14.4. The van der Waals surface area contributed by atoms with E-state index in [1.54, 1.807) is 6.20 Å². The third kappa shape index (κ3) is 3.68. The molecule has 0 aromatic heterocycles. The van der Waals surface area contributed by atoms with Crippen molar-refractivity contribution in [3.05, 3.63) is 42.1 Å². The first kappa shape index (κ1) is 14.8. The molecular formula is C16H22N2O2. The fourth-order valence-corrected chi connectivity index (χ4v) is 2.69. The Kier molecular flexibility index (Phi) is 5.32. The van der Waals surface area contributed by atoms with E-state index < -0.39 is 6.10 Å². The number of carbonyl (C=O) groups excluding carboxylic acids is 1. The zero-order valence-corrected chi connectivity index (χ0v) is 11.5. The Morgan fingerprint density at radius 1 is 1.40 bits per heavy atom. The molecule has 108 valence electrons. The van der Waals surface area contributed by atoms with E-state index >= 15 is 0 Å². The number of hydrogen-bond acceptors (Lipinski definition) is 4. The predicted octanol–water partition coefficient (Wildman–Crippen LogP) is 1.45. The van der Waals surface area contributed by atoms with Gasteiger partial charge >= 0.3 is 0 Å². The number of rotatable bonds is 6. The molecule has 1 heterocycles. The first-order valence-electron chi connectivity index (χ1n) is 7.10. The van der Waals surface area contributed by atoms with Crippen molar-refractivity contribution in [3.8, 4) is 0 Å². The molecule has 3 atom stereocenters. The van der Waals surface area contributed by atoms with Crippen molar-refractivity contribution in [1.82, 2.24) is 5.32 Å². The van der Waals surface area contributed by atoms with E-state index in [1.165, 1.54) is 0 Å². The largest absolute Gasteiger partial charge is 0.404 e. The maximum atomic E-state index is 10.7. The number of aliphatic hydroxyl groups is 1. The fourth-order valence-electron chi connectivity index (χ4n) is 2.69. The lowest BCUT2D eigenvalue weighted by Gasteiger charge is -2.19. The first-order chi connectivity index (χ1) is 9.74. The average Bonchev–Trinajstić information content (AvgIpc) is 2.98. The van der Waals surface area contributed by atoms with E-state index in [0.29, 0.717) is 6.42 Å². The van der Waals surface area contributed by atoms with Crippen LogP contribution < -0.4 is 11.1 Å². The molecule has 20 heavy (non-hydrogen) atoms. The van der Waals surface area contributed by atoms with E-state index in [1.807, 2.05) is 30.3 Å². The molecule has 1 aliphatic rings. The zero-order valence-electron chi connectivity index (χ0n) is 11.5. The van der Waals surface area contributed by atoms with Gasteiger partial charge in [0.25, 0.3) is 0 Å². The lowest BCUT2D eigenvalue weighted by Crippen LogP contribution is -2.38. The lowest BCUT2D eigenvalue weighted by atomic mass is 9.97. The van der Waals surface area contributed by atoms with Gasteiger partial charge < -0.3 is 21.0 Å². The number of benzene rings is 1. The van der Waals surface area contributed by atoms with Gasteiger partial charge in [0.2, 0.25) is 0 Å². The summed E-state index contributed by atoms with van der Waals surface area (Å²) in [5, 5.41) is 13.4. The molecule has 2 rings (SSSR count). The van der Waals surface area contributed by atoms with E-state index in [4.69, 9.17) is 5.73 Å². The van der Waals surface area contributed by atoms with Gasteiger partial charge in [0, 0.05) is 6.04 Å². The molecule has 1 saturated heterocycles. The van der Waals surface area contributed by atoms with Gasteiger partial charge in [0.1, 0.15) is 6.29 Å². The number of carbonyl (C=O) groups is 1. The normalized spacial score (nSPS) is 24.6. The number of aliphatic hydroxyl groups excluding tert-OH is 1. The van der Waals surface area contributed by atoms with Crippen molar-refractivity contribution in [2.75, 3.05) is 0 Å². The molecule has 0 bridgehead atoms. The van der Waals surface area contributed by atoms with Gasteiger partial charge in [-0.2, -0.15) is 0 Å². The van der Waals surface area contributed by atoms with Gasteiger partial charge in [-0.3, -0.25) is 0 Å². The summed E-state index contributed by atoms with van der Waals surface area (Å²) < 4.78 is 0. The molecule has 1 unspecified atom stereocenters. The number of allylic oxidation sites excluding steroid dienone is 1. The van der Waals surface area contributed by atoms with Gasteiger partial charge in [-0.15, -0.1) is 0 Å². The van der Waals surface area contributed by atoms with Crippen LogP contribution in [0.2, 0.25) is 0 Å². The Balaban J connectivity index is 1.86. The summed E-state index contributed by atoms with van der Waals surface area (Å²) in [7, 11) is 0. The molecule has 0 aliphatic carbocycles. The van der Waals surface area contributed by atoms with Crippen LogP contribution in [0, 0.1) is 0 Å². The van der Waals surface area contributed by atoms with Gasteiger partial charge in [-0.1, -0.05) is 30.3 Å². The second-order valence-electron chi connectivity index (χ2n) is 5.26. The fraction of sp³-hybridized carbons (Fsp3) is 0.438. The minimum Gasteiger partial charge on any atom is -0.404 e. The molecule has 4 N–H and O–H groups in total. The second kappa shape index (κ2) is 7.22. The minimum absolute atomic E-state index is 0.0139. The molecule has 1 aromatic rings. The average molecular weight is 274 g/mol. The molecular weight excluding hydrogens is 252 g/mol. The van der Waals surface area contributed by atoms with Crippen LogP contribution in [0.25, 0.3) is 5.57 Å². The van der Waals surface area contributed by atoms with Crippen LogP contribution in [0.4, 0.5) is 0 Å². The Hall–Kier alpha value is -1.65. The van der Waals surface area contributed by atoms with Crippen molar-refractivity contribution in [3.63, 3.8) is 0 Å². The highest BCUT2D eigenvalue weighted by molar-refractivity contribution is 5.64. The van der Waals surface area contributed by atoms with Gasteiger partial charge in [0.15, 0.2) is 0 Å². The van der Waals surface area contributed by atoms with E-state index in [2.05, 4.69) is 5.32 Å². The van der Waals surface area contributed by atoms with Crippen molar-refractivity contribution in [2.24, 2.45) is 5.73 Å². The molecule has 1 aliphatic heterocycles. The number of aldehydes is 1. The predicted molar refractivity (Wildman–Crippen MR) is 79.9 cm³/mol. The monoisotopic (exact) mass is 274 g/mol. The molecule has 0 saturated carbocycles. The van der Waals surface area contributed by atoms with Crippen molar-refractivity contribution >= 4 is 11.9 Å². The van der Waals surface area contributed by atoms with Gasteiger partial charge in [-0.25, -0.2) is 0 Å². The van der Waals surface area contributed by atoms with Gasteiger partial charge in [0.05, 0.1) is 12.1 Å². The maximum Gasteiger partial charge on any atom is 0.136 e. The quantitative estimate of drug-likeness (QED) is 0.686. The summed E-state index contributed by atoms with van der Waals surface area (Å²) in [6.07, 6.45) is 5.10. The first-order valence-corrected chi connectivity index (χ1v) is 7.10. The maximum absolute atomic E-state index is 10.7. The SMILES string of the molecule is N/C=C(/CCC(O)[C@H]1CC[C@@H](C=O)N1)c1ccccc1. The summed E-state index contributed by atoms with van der Waals surface area (Å²) in [6.45, 7) is 0. The highest BCUT2D eigenvalue weighted by atomic mass is 16.3. The summed E-state index contributed by atoms with van der Waals surface area (Å²) in [5.74, 6) is 0. The topological polar surface area (TPSA) is 75.3 Å². The lowest BCUT2D eigenvalue weighted by molar-refractivity contribution is -0.109. The van der Waals surface area contributed by atoms with Crippen LogP contribution in [0.5, 0.6) is 0 Å². The van der Waals surface area contributed by atoms with Gasteiger partial charge in [-0.05, 0) is 43.0 Å². The molecule has 1 fully saturated rings. The van der Waals surface area contributed by atoms with Crippen molar-refractivity contribution in [2.45, 2.75) is 43.9 Å². The van der Waals surface area contributed by atoms with Crippen LogP contribution in [0.3, 0.4) is 0 Å². The minimum atomic E-state index is -0.446. The highest BCUT2D eigenvalue weighted by Gasteiger charge is 2.28. The molecule has 0 amide bonds. The summed E-state index contributed by atoms with van der Waals surface area (Å²) in [5.41, 5.74) is 7.81. The van der Waals surface area contributed by atoms with E-state index in [0.717, 1.165) is 36.7 Å². The third-order valence-electron chi connectivity index (χ3n) is 3.90. The number of hydrogen-bond donors (Lipinski definition) is 3. The van der Waals surface area contributed by atoms with Crippen LogP contribution in [-0.4, -0.2) is 29.6 Å². The van der Waals surface area contributed by atoms with Crippen molar-refractivity contribution in [1.29, 1.82) is 0 Å². The van der Waals surface area contributed by atoms with Crippen LogP contribution in [0.15, 0.2) is 36.5 Å². The summed E-state index contributed by atoms with van der Waals surface area (Å²) >= 11 is 0. The smallest absolute Gasteiger partial charge is 0.136 e. The van der Waals surface area contributed by atoms with Crippen LogP contribution in [-0.2, 0) is 4.79 Å². The standard InChI is InChI=1S/C16H22N2O2/c17-10-13(12-4-2-1-3-5-12)6-9-16(20)15-8-7-14(11-19)18-15/h1-5,10-11,14-16,18,20H,6-9,17H2/b13-10-/t14-,15+,16?/m0/s1. The number of nitrogens with one attached hydrogen (secondary N) is 1. The summed E-state index contributed by atoms with van der Waals surface area (Å²) in [4.78, 5) is 10.7. The van der Waals surface area contributed by atoms with Crippen molar-refractivity contribution < 1.29 is 9.90 Å². The second-order valence-corrected chi connectivity index (χ2v) is 5.26. The molecule has 4 nitrogen and oxygen atoms in total. The van der Waals surface area contributed by atoms with Crippen LogP contribution in [0.1, 0.15) is 31.2 Å². The Labute approximate surface area is 119 Å². The van der Waals surface area contributed by atoms with Crippen LogP contribution >= 0.6 is 0 Å². The number of nitrogens with two attached hydrogens (primary N) is 1. The Morgan fingerprint density at radius 3 is 2.75 bits per heavy atom. The molecule has 1 aromatic carbocycles. The molecule has 4 heteroatoms. The Morgan fingerprint density at radius 2 is 2.15 bits per heavy atom. The molecule has 0 radical (unpaired) electrons. The summed E-state index contributed by atoms with van der Waals surface area (Å²) in [6, 6.07) is 9.86. The highest BCUT2D eigenvalue weighted by Crippen LogP contribution is 2.23.